The number of piperidine rings is 1. The summed E-state index contributed by atoms with van der Waals surface area (Å²) in [6.07, 6.45) is -4.40. The molecular weight excluding hydrogens is 359 g/mol. The van der Waals surface area contributed by atoms with Crippen LogP contribution < -0.4 is 0 Å². The second-order valence-corrected chi connectivity index (χ2v) is 7.46. The summed E-state index contributed by atoms with van der Waals surface area (Å²) in [5.74, 6) is -2.11. The lowest BCUT2D eigenvalue weighted by Gasteiger charge is -2.30. The molecule has 1 aromatic rings. The molecule has 0 aliphatic carbocycles. The summed E-state index contributed by atoms with van der Waals surface area (Å²) in [7, 11) is -4.50. The minimum absolute atomic E-state index is 0.0318. The number of carboxylic acid groups (broad SMARTS) is 1. The summed E-state index contributed by atoms with van der Waals surface area (Å²) < 4.78 is 65.3. The molecule has 23 heavy (non-hydrogen) atoms. The average Bonchev–Trinajstić information content (AvgIpc) is 2.45. The summed E-state index contributed by atoms with van der Waals surface area (Å²) in [6, 6.07) is 2.90. The average molecular weight is 372 g/mol. The maximum atomic E-state index is 13.2. The molecule has 1 aromatic carbocycles. The van der Waals surface area contributed by atoms with E-state index in [2.05, 4.69) is 0 Å². The number of carbonyl (C=O) groups is 1. The van der Waals surface area contributed by atoms with E-state index in [-0.39, 0.29) is 25.9 Å². The number of benzene rings is 1. The van der Waals surface area contributed by atoms with Crippen molar-refractivity contribution >= 4 is 27.6 Å². The summed E-state index contributed by atoms with van der Waals surface area (Å²) in [5.41, 5.74) is -1.43. The Kier molecular flexibility index (Phi) is 4.93. The highest BCUT2D eigenvalue weighted by molar-refractivity contribution is 7.89. The minimum Gasteiger partial charge on any atom is -0.481 e. The van der Waals surface area contributed by atoms with Crippen LogP contribution in [0.1, 0.15) is 18.4 Å². The van der Waals surface area contributed by atoms with Gasteiger partial charge < -0.3 is 5.11 Å². The molecule has 0 bridgehead atoms. The number of halogens is 4. The van der Waals surface area contributed by atoms with Crippen LogP contribution >= 0.6 is 11.6 Å². The lowest BCUT2D eigenvalue weighted by Crippen LogP contribution is -2.42. The van der Waals surface area contributed by atoms with Gasteiger partial charge in [0.2, 0.25) is 10.0 Å². The van der Waals surface area contributed by atoms with Crippen LogP contribution in [0, 0.1) is 5.92 Å². The van der Waals surface area contributed by atoms with Crippen molar-refractivity contribution in [3.05, 3.63) is 28.8 Å². The quantitative estimate of drug-likeness (QED) is 0.886. The largest absolute Gasteiger partial charge is 0.481 e. The predicted molar refractivity (Wildman–Crippen MR) is 75.6 cm³/mol. The van der Waals surface area contributed by atoms with Gasteiger partial charge >= 0.3 is 12.1 Å². The summed E-state index contributed by atoms with van der Waals surface area (Å²) in [5, 5.41) is 8.28. The van der Waals surface area contributed by atoms with Gasteiger partial charge in [0.25, 0.3) is 0 Å². The predicted octanol–water partition coefficient (Wildman–Crippen LogP) is 2.84. The first-order valence-corrected chi connectivity index (χ1v) is 8.45. The van der Waals surface area contributed by atoms with E-state index in [0.717, 1.165) is 22.5 Å². The molecular formula is C13H13ClF3NO4S. The van der Waals surface area contributed by atoms with Crippen LogP contribution in [-0.4, -0.2) is 36.9 Å². The van der Waals surface area contributed by atoms with Gasteiger partial charge in [0.05, 0.1) is 21.4 Å². The minimum atomic E-state index is -4.94. The molecule has 1 N–H and O–H groups in total. The maximum absolute atomic E-state index is 13.2. The number of nitrogens with zero attached hydrogens (tertiary/aromatic N) is 1. The topological polar surface area (TPSA) is 74.7 Å². The number of aliphatic carboxylic acids is 1. The Hall–Kier alpha value is -1.32. The number of carboxylic acids is 1. The standard InChI is InChI=1S/C13H13ClF3NO4S/c14-9-4-1-5-10(11(9)13(15,16)17)23(21,22)18-6-2-3-8(7-18)12(19)20/h1,4-5,8H,2-3,6-7H2,(H,19,20)/t8-/m0/s1. The highest BCUT2D eigenvalue weighted by Gasteiger charge is 2.42. The number of hydrogen-bond donors (Lipinski definition) is 1. The van der Waals surface area contributed by atoms with E-state index < -0.39 is 43.6 Å². The van der Waals surface area contributed by atoms with Crippen molar-refractivity contribution in [3.8, 4) is 0 Å². The van der Waals surface area contributed by atoms with Crippen LogP contribution in [0.2, 0.25) is 5.02 Å². The first-order valence-electron chi connectivity index (χ1n) is 6.64. The lowest BCUT2D eigenvalue weighted by molar-refractivity contribution is -0.143. The van der Waals surface area contributed by atoms with E-state index in [4.69, 9.17) is 16.7 Å². The van der Waals surface area contributed by atoms with Crippen molar-refractivity contribution in [2.24, 2.45) is 5.92 Å². The van der Waals surface area contributed by atoms with Crippen molar-refractivity contribution in [1.29, 1.82) is 0 Å². The number of rotatable bonds is 3. The lowest BCUT2D eigenvalue weighted by atomic mass is 10.0. The molecule has 128 valence electrons. The fraction of sp³-hybridized carbons (Fsp3) is 0.462. The molecule has 10 heteroatoms. The third-order valence-electron chi connectivity index (χ3n) is 3.61. The van der Waals surface area contributed by atoms with Gasteiger partial charge in [-0.25, -0.2) is 8.42 Å². The molecule has 1 fully saturated rings. The Bertz CT molecular complexity index is 720. The van der Waals surface area contributed by atoms with Gasteiger partial charge in [-0.3, -0.25) is 4.79 Å². The number of hydrogen-bond acceptors (Lipinski definition) is 3. The van der Waals surface area contributed by atoms with Crippen molar-refractivity contribution in [3.63, 3.8) is 0 Å². The van der Waals surface area contributed by atoms with Crippen molar-refractivity contribution < 1.29 is 31.5 Å². The van der Waals surface area contributed by atoms with Crippen LogP contribution in [0.4, 0.5) is 13.2 Å². The zero-order valence-electron chi connectivity index (χ0n) is 11.7. The normalized spacial score (nSPS) is 20.4. The molecule has 1 aliphatic heterocycles. The smallest absolute Gasteiger partial charge is 0.419 e. The molecule has 0 saturated carbocycles. The fourth-order valence-corrected chi connectivity index (χ4v) is 4.59. The van der Waals surface area contributed by atoms with Crippen molar-refractivity contribution in [1.82, 2.24) is 4.31 Å². The van der Waals surface area contributed by atoms with Gasteiger partial charge in [0.15, 0.2) is 0 Å². The zero-order valence-corrected chi connectivity index (χ0v) is 13.2. The maximum Gasteiger partial charge on any atom is 0.419 e. The molecule has 0 amide bonds. The van der Waals surface area contributed by atoms with E-state index in [1.165, 1.54) is 0 Å². The zero-order chi connectivity index (χ0) is 17.4. The molecule has 1 atom stereocenters. The molecule has 1 heterocycles. The molecule has 0 spiro atoms. The van der Waals surface area contributed by atoms with Gasteiger partial charge in [-0.2, -0.15) is 17.5 Å². The Morgan fingerprint density at radius 1 is 1.35 bits per heavy atom. The Balaban J connectivity index is 2.49. The van der Waals surface area contributed by atoms with Gasteiger partial charge in [-0.05, 0) is 25.0 Å². The first kappa shape index (κ1) is 18.0. The van der Waals surface area contributed by atoms with Gasteiger partial charge in [0, 0.05) is 13.1 Å². The summed E-state index contributed by atoms with van der Waals surface area (Å²) in [6.45, 7) is -0.391. The first-order chi connectivity index (χ1) is 10.5. The molecule has 2 rings (SSSR count). The van der Waals surface area contributed by atoms with Crippen LogP contribution in [0.3, 0.4) is 0 Å². The Morgan fingerprint density at radius 2 is 2.00 bits per heavy atom. The van der Waals surface area contributed by atoms with E-state index in [1.54, 1.807) is 0 Å². The fourth-order valence-electron chi connectivity index (χ4n) is 2.50. The molecule has 0 aromatic heterocycles. The van der Waals surface area contributed by atoms with Crippen LogP contribution in [0.25, 0.3) is 0 Å². The van der Waals surface area contributed by atoms with Crippen LogP contribution in [0.15, 0.2) is 23.1 Å². The SMILES string of the molecule is O=C(O)[C@H]1CCCN(S(=O)(=O)c2cccc(Cl)c2C(F)(F)F)C1. The second-order valence-electron chi connectivity index (χ2n) is 5.15. The van der Waals surface area contributed by atoms with E-state index >= 15 is 0 Å². The van der Waals surface area contributed by atoms with E-state index in [1.807, 2.05) is 0 Å². The van der Waals surface area contributed by atoms with Gasteiger partial charge in [0.1, 0.15) is 0 Å². The van der Waals surface area contributed by atoms with Crippen molar-refractivity contribution in [2.45, 2.75) is 23.9 Å². The summed E-state index contributed by atoms with van der Waals surface area (Å²) in [4.78, 5) is 10.1. The molecule has 1 saturated heterocycles. The van der Waals surface area contributed by atoms with E-state index in [0.29, 0.717) is 0 Å². The number of sulfonamides is 1. The number of alkyl halides is 3. The summed E-state index contributed by atoms with van der Waals surface area (Å²) >= 11 is 5.54. The van der Waals surface area contributed by atoms with Gasteiger partial charge in [-0.1, -0.05) is 17.7 Å². The molecule has 5 nitrogen and oxygen atoms in total. The second kappa shape index (κ2) is 6.29. The van der Waals surface area contributed by atoms with Gasteiger partial charge in [-0.15, -0.1) is 0 Å². The third kappa shape index (κ3) is 3.61. The van der Waals surface area contributed by atoms with Crippen molar-refractivity contribution in [2.75, 3.05) is 13.1 Å². The monoisotopic (exact) mass is 371 g/mol. The molecule has 1 aliphatic rings. The van der Waals surface area contributed by atoms with Crippen LogP contribution in [0.5, 0.6) is 0 Å². The Morgan fingerprint density at radius 3 is 2.57 bits per heavy atom. The molecule has 0 unspecified atom stereocenters. The Labute approximate surface area is 135 Å². The van der Waals surface area contributed by atoms with Crippen LogP contribution in [-0.2, 0) is 21.0 Å². The molecule has 0 radical (unpaired) electrons. The van der Waals surface area contributed by atoms with E-state index in [9.17, 15) is 26.4 Å². The highest BCUT2D eigenvalue weighted by Crippen LogP contribution is 2.40. The third-order valence-corrected chi connectivity index (χ3v) is 5.83. The highest BCUT2D eigenvalue weighted by atomic mass is 35.5.